The summed E-state index contributed by atoms with van der Waals surface area (Å²) in [6.07, 6.45) is 1.41. The molecule has 0 atom stereocenters. The van der Waals surface area contributed by atoms with Crippen molar-refractivity contribution in [2.75, 3.05) is 11.9 Å². The number of nitrogens with zero attached hydrogens (tertiary/aromatic N) is 4. The number of imidazole rings is 1. The van der Waals surface area contributed by atoms with Crippen LogP contribution in [-0.4, -0.2) is 36.4 Å². The van der Waals surface area contributed by atoms with Crippen LogP contribution < -0.4 is 10.9 Å². The van der Waals surface area contributed by atoms with E-state index in [0.717, 1.165) is 6.07 Å². The standard InChI is InChI=1S/C18H21F2N5O2/c1-4-25-16(27)14-15(22-17(25)23-18(2,3)9-26)24(10-21-14)8-11-5-6-12(19)7-13(11)20/h5-7,10,26H,4,8-9H2,1-3H3,(H,22,23). The molecule has 1 aromatic carbocycles. The lowest BCUT2D eigenvalue weighted by Crippen LogP contribution is -2.38. The predicted molar refractivity (Wildman–Crippen MR) is 97.7 cm³/mol. The van der Waals surface area contributed by atoms with Gasteiger partial charge < -0.3 is 15.0 Å². The van der Waals surface area contributed by atoms with E-state index in [-0.39, 0.29) is 41.4 Å². The van der Waals surface area contributed by atoms with Gasteiger partial charge in [0.25, 0.3) is 5.56 Å². The zero-order valence-corrected chi connectivity index (χ0v) is 15.3. The molecule has 3 rings (SSSR count). The Bertz CT molecular complexity index is 1040. The monoisotopic (exact) mass is 377 g/mol. The normalized spacial score (nSPS) is 11.9. The first-order valence-electron chi connectivity index (χ1n) is 8.54. The molecule has 27 heavy (non-hydrogen) atoms. The van der Waals surface area contributed by atoms with Crippen LogP contribution in [0.25, 0.3) is 11.2 Å². The lowest BCUT2D eigenvalue weighted by Gasteiger charge is -2.25. The lowest BCUT2D eigenvalue weighted by atomic mass is 10.1. The number of fused-ring (bicyclic) bond motifs is 1. The first-order chi connectivity index (χ1) is 12.8. The number of halogens is 2. The summed E-state index contributed by atoms with van der Waals surface area (Å²) in [7, 11) is 0. The molecule has 9 heteroatoms. The van der Waals surface area contributed by atoms with Crippen molar-refractivity contribution in [3.8, 4) is 0 Å². The highest BCUT2D eigenvalue weighted by Crippen LogP contribution is 2.17. The van der Waals surface area contributed by atoms with E-state index in [2.05, 4.69) is 15.3 Å². The number of aromatic nitrogens is 4. The fourth-order valence-corrected chi connectivity index (χ4v) is 2.71. The molecular formula is C18H21F2N5O2. The number of aliphatic hydroxyl groups is 1. The number of hydrogen-bond acceptors (Lipinski definition) is 5. The second kappa shape index (κ2) is 7.07. The average Bonchev–Trinajstić information content (AvgIpc) is 3.00. The van der Waals surface area contributed by atoms with Gasteiger partial charge in [-0.2, -0.15) is 4.98 Å². The third-order valence-corrected chi connectivity index (χ3v) is 4.24. The van der Waals surface area contributed by atoms with Gasteiger partial charge in [0.05, 0.1) is 25.0 Å². The van der Waals surface area contributed by atoms with Gasteiger partial charge in [0, 0.05) is 18.2 Å². The molecule has 0 unspecified atom stereocenters. The number of aliphatic hydroxyl groups excluding tert-OH is 1. The van der Waals surface area contributed by atoms with Gasteiger partial charge in [-0.1, -0.05) is 6.07 Å². The molecule has 0 saturated heterocycles. The quantitative estimate of drug-likeness (QED) is 0.687. The molecule has 144 valence electrons. The molecule has 0 saturated carbocycles. The SMILES string of the molecule is CCn1c(NC(C)(C)CO)nc2c(ncn2Cc2ccc(F)cc2F)c1=O. The van der Waals surface area contributed by atoms with Crippen molar-refractivity contribution in [1.29, 1.82) is 0 Å². The molecule has 0 radical (unpaired) electrons. The summed E-state index contributed by atoms with van der Waals surface area (Å²) < 4.78 is 30.1. The molecule has 2 aromatic heterocycles. The smallest absolute Gasteiger partial charge is 0.283 e. The molecule has 0 bridgehead atoms. The topological polar surface area (TPSA) is 85.0 Å². The first kappa shape index (κ1) is 19.0. The second-order valence-corrected chi connectivity index (χ2v) is 6.93. The van der Waals surface area contributed by atoms with Crippen molar-refractivity contribution < 1.29 is 13.9 Å². The van der Waals surface area contributed by atoms with Crippen molar-refractivity contribution in [3.63, 3.8) is 0 Å². The van der Waals surface area contributed by atoms with Crippen molar-refractivity contribution >= 4 is 17.1 Å². The van der Waals surface area contributed by atoms with Crippen LogP contribution in [0.15, 0.2) is 29.3 Å². The average molecular weight is 377 g/mol. The summed E-state index contributed by atoms with van der Waals surface area (Å²) in [6.45, 7) is 5.60. The number of benzene rings is 1. The summed E-state index contributed by atoms with van der Waals surface area (Å²) in [5.41, 5.74) is -0.339. The lowest BCUT2D eigenvalue weighted by molar-refractivity contribution is 0.233. The van der Waals surface area contributed by atoms with E-state index in [0.29, 0.717) is 6.54 Å². The summed E-state index contributed by atoms with van der Waals surface area (Å²) >= 11 is 0. The highest BCUT2D eigenvalue weighted by molar-refractivity contribution is 5.71. The molecule has 2 N–H and O–H groups in total. The highest BCUT2D eigenvalue weighted by atomic mass is 19.1. The van der Waals surface area contributed by atoms with Crippen LogP contribution in [0.1, 0.15) is 26.3 Å². The number of rotatable bonds is 6. The van der Waals surface area contributed by atoms with Gasteiger partial charge in [0.2, 0.25) is 5.95 Å². The van der Waals surface area contributed by atoms with Crippen molar-refractivity contribution in [3.05, 3.63) is 52.1 Å². The minimum atomic E-state index is -0.696. The summed E-state index contributed by atoms with van der Waals surface area (Å²) in [6, 6.07) is 3.33. The van der Waals surface area contributed by atoms with Crippen molar-refractivity contribution in [2.45, 2.75) is 39.4 Å². The van der Waals surface area contributed by atoms with Crippen LogP contribution in [0.2, 0.25) is 0 Å². The molecule has 0 amide bonds. The number of hydrogen-bond donors (Lipinski definition) is 2. The maximum absolute atomic E-state index is 14.0. The fourth-order valence-electron chi connectivity index (χ4n) is 2.71. The summed E-state index contributed by atoms with van der Waals surface area (Å²) in [5, 5.41) is 12.6. The number of nitrogens with one attached hydrogen (secondary N) is 1. The Balaban J connectivity index is 2.11. The second-order valence-electron chi connectivity index (χ2n) is 6.93. The van der Waals surface area contributed by atoms with Crippen LogP contribution in [0.4, 0.5) is 14.7 Å². The third-order valence-electron chi connectivity index (χ3n) is 4.24. The Morgan fingerprint density at radius 2 is 2.04 bits per heavy atom. The molecule has 0 aliphatic rings. The Kier molecular flexibility index (Phi) is 4.97. The van der Waals surface area contributed by atoms with Gasteiger partial charge in [-0.25, -0.2) is 13.8 Å². The van der Waals surface area contributed by atoms with Gasteiger partial charge in [-0.15, -0.1) is 0 Å². The van der Waals surface area contributed by atoms with E-state index in [1.54, 1.807) is 20.8 Å². The highest BCUT2D eigenvalue weighted by Gasteiger charge is 2.21. The van der Waals surface area contributed by atoms with E-state index in [1.165, 1.54) is 27.6 Å². The zero-order valence-electron chi connectivity index (χ0n) is 15.3. The molecular weight excluding hydrogens is 356 g/mol. The largest absolute Gasteiger partial charge is 0.394 e. The zero-order chi connectivity index (χ0) is 19.8. The van der Waals surface area contributed by atoms with Gasteiger partial charge >= 0.3 is 0 Å². The van der Waals surface area contributed by atoms with Crippen molar-refractivity contribution in [2.24, 2.45) is 0 Å². The Morgan fingerprint density at radius 1 is 1.30 bits per heavy atom. The van der Waals surface area contributed by atoms with Crippen molar-refractivity contribution in [1.82, 2.24) is 19.1 Å². The Hall–Kier alpha value is -2.81. The van der Waals surface area contributed by atoms with Gasteiger partial charge in [0.1, 0.15) is 11.6 Å². The van der Waals surface area contributed by atoms with Crippen LogP contribution >= 0.6 is 0 Å². The van der Waals surface area contributed by atoms with Crippen LogP contribution in [-0.2, 0) is 13.1 Å². The molecule has 0 spiro atoms. The van der Waals surface area contributed by atoms with Gasteiger partial charge in [0.15, 0.2) is 11.2 Å². The van der Waals surface area contributed by atoms with E-state index >= 15 is 0 Å². The predicted octanol–water partition coefficient (Wildman–Crippen LogP) is 2.12. The third kappa shape index (κ3) is 3.68. The van der Waals surface area contributed by atoms with E-state index < -0.39 is 17.2 Å². The molecule has 0 aliphatic heterocycles. The minimum Gasteiger partial charge on any atom is -0.394 e. The molecule has 7 nitrogen and oxygen atoms in total. The molecule has 0 aliphatic carbocycles. The van der Waals surface area contributed by atoms with Crippen LogP contribution in [0.5, 0.6) is 0 Å². The Morgan fingerprint density at radius 3 is 2.67 bits per heavy atom. The molecule has 0 fully saturated rings. The van der Waals surface area contributed by atoms with Crippen LogP contribution in [0, 0.1) is 11.6 Å². The summed E-state index contributed by atoms with van der Waals surface area (Å²) in [4.78, 5) is 21.4. The minimum absolute atomic E-state index is 0.0496. The fraction of sp³-hybridized carbons (Fsp3) is 0.389. The van der Waals surface area contributed by atoms with E-state index in [1.807, 2.05) is 0 Å². The van der Waals surface area contributed by atoms with Gasteiger partial charge in [-0.05, 0) is 26.8 Å². The molecule has 2 heterocycles. The maximum Gasteiger partial charge on any atom is 0.283 e. The summed E-state index contributed by atoms with van der Waals surface area (Å²) in [5.74, 6) is -1.05. The van der Waals surface area contributed by atoms with E-state index in [4.69, 9.17) is 0 Å². The van der Waals surface area contributed by atoms with Crippen LogP contribution in [0.3, 0.4) is 0 Å². The first-order valence-corrected chi connectivity index (χ1v) is 8.54. The Labute approximate surface area is 154 Å². The molecule has 3 aromatic rings. The maximum atomic E-state index is 14.0. The van der Waals surface area contributed by atoms with E-state index in [9.17, 15) is 18.7 Å². The van der Waals surface area contributed by atoms with Gasteiger partial charge in [-0.3, -0.25) is 9.36 Å². The number of anilines is 1.